The maximum absolute atomic E-state index is 4.00. The molecular formula is C26H40. The minimum Gasteiger partial charge on any atom is -0.103 e. The Morgan fingerprint density at radius 3 is 2.04 bits per heavy atom. The van der Waals surface area contributed by atoms with Crippen LogP contribution >= 0.6 is 0 Å². The van der Waals surface area contributed by atoms with Crippen molar-refractivity contribution in [1.82, 2.24) is 0 Å². The van der Waals surface area contributed by atoms with E-state index in [0.717, 1.165) is 29.6 Å². The first-order valence-electron chi connectivity index (χ1n) is 11.4. The van der Waals surface area contributed by atoms with Crippen molar-refractivity contribution >= 4 is 0 Å². The topological polar surface area (TPSA) is 0 Å². The van der Waals surface area contributed by atoms with Crippen molar-refractivity contribution in [3.63, 3.8) is 0 Å². The van der Waals surface area contributed by atoms with Crippen molar-refractivity contribution in [1.29, 1.82) is 0 Å². The van der Waals surface area contributed by atoms with Crippen molar-refractivity contribution in [2.24, 2.45) is 23.7 Å². The Morgan fingerprint density at radius 2 is 1.50 bits per heavy atom. The molecule has 0 aliphatic heterocycles. The van der Waals surface area contributed by atoms with Gasteiger partial charge in [-0.15, -0.1) is 6.58 Å². The molecule has 2 aliphatic rings. The average Bonchev–Trinajstić information content (AvgIpc) is 2.69. The third-order valence-corrected chi connectivity index (χ3v) is 7.48. The van der Waals surface area contributed by atoms with Crippen molar-refractivity contribution in [3.8, 4) is 0 Å². The van der Waals surface area contributed by atoms with E-state index >= 15 is 0 Å². The predicted octanol–water partition coefficient (Wildman–Crippen LogP) is 7.93. The molecule has 0 N–H and O–H groups in total. The largest absolute Gasteiger partial charge is 0.103 e. The zero-order chi connectivity index (χ0) is 18.4. The predicted molar refractivity (Wildman–Crippen MR) is 115 cm³/mol. The smallest absolute Gasteiger partial charge is 0.0188 e. The molecule has 0 amide bonds. The molecule has 1 aromatic carbocycles. The Kier molecular flexibility index (Phi) is 7.41. The fourth-order valence-electron chi connectivity index (χ4n) is 5.69. The number of aryl methyl sites for hydroxylation is 1. The van der Waals surface area contributed by atoms with E-state index in [1.807, 2.05) is 0 Å². The summed E-state index contributed by atoms with van der Waals surface area (Å²) in [6.07, 6.45) is 17.7. The molecule has 0 aromatic heterocycles. The summed E-state index contributed by atoms with van der Waals surface area (Å²) in [6, 6.07) is 9.48. The molecule has 0 unspecified atom stereocenters. The lowest BCUT2D eigenvalue weighted by molar-refractivity contribution is 0.150. The summed E-state index contributed by atoms with van der Waals surface area (Å²) >= 11 is 0. The summed E-state index contributed by atoms with van der Waals surface area (Å²) in [4.78, 5) is 0. The van der Waals surface area contributed by atoms with Crippen LogP contribution in [0.1, 0.15) is 95.1 Å². The van der Waals surface area contributed by atoms with E-state index in [-0.39, 0.29) is 0 Å². The molecule has 2 fully saturated rings. The van der Waals surface area contributed by atoms with Gasteiger partial charge in [0.15, 0.2) is 0 Å². The molecule has 2 saturated carbocycles. The molecule has 3 rings (SSSR count). The number of hydrogen-bond donors (Lipinski definition) is 0. The molecule has 1 aromatic rings. The highest BCUT2D eigenvalue weighted by Crippen LogP contribution is 2.43. The van der Waals surface area contributed by atoms with Crippen LogP contribution in [-0.4, -0.2) is 0 Å². The fraction of sp³-hybridized carbons (Fsp3) is 0.692. The molecule has 1 atom stereocenters. The lowest BCUT2D eigenvalue weighted by Crippen LogP contribution is -2.25. The molecule has 0 heterocycles. The summed E-state index contributed by atoms with van der Waals surface area (Å²) in [7, 11) is 0. The van der Waals surface area contributed by atoms with Gasteiger partial charge in [0.25, 0.3) is 0 Å². The molecule has 0 nitrogen and oxygen atoms in total. The van der Waals surface area contributed by atoms with Crippen LogP contribution < -0.4 is 0 Å². The summed E-state index contributed by atoms with van der Waals surface area (Å²) in [5.41, 5.74) is 3.05. The van der Waals surface area contributed by atoms with Crippen LogP contribution in [0.4, 0.5) is 0 Å². The summed E-state index contributed by atoms with van der Waals surface area (Å²) < 4.78 is 0. The van der Waals surface area contributed by atoms with Crippen molar-refractivity contribution in [3.05, 3.63) is 48.0 Å². The highest BCUT2D eigenvalue weighted by molar-refractivity contribution is 5.25. The van der Waals surface area contributed by atoms with Gasteiger partial charge < -0.3 is 0 Å². The second kappa shape index (κ2) is 9.77. The van der Waals surface area contributed by atoms with E-state index in [2.05, 4.69) is 50.8 Å². The Balaban J connectivity index is 1.42. The molecule has 0 spiro atoms. The van der Waals surface area contributed by atoms with Gasteiger partial charge in [0.2, 0.25) is 0 Å². The molecule has 0 bridgehead atoms. The third kappa shape index (κ3) is 5.24. The van der Waals surface area contributed by atoms with Crippen LogP contribution in [0.25, 0.3) is 0 Å². The van der Waals surface area contributed by atoms with Crippen molar-refractivity contribution in [2.45, 2.75) is 90.4 Å². The standard InChI is InChI=1S/C26H40/c1-4-6-22-9-13-24(14-10-22)20(3)19-23-11-17-26(18-12-23)25-15-7-21(5-2)8-16-25/h5,9-10,13-14,20-21,23,25-26H,2,4,6-8,11-12,15-19H2,1,3H3/t20-,21?,23?,25?,26?/m1/s1. The van der Waals surface area contributed by atoms with E-state index in [1.165, 1.54) is 76.2 Å². The first-order valence-corrected chi connectivity index (χ1v) is 11.4. The molecular weight excluding hydrogens is 312 g/mol. The Bertz CT molecular complexity index is 524. The highest BCUT2D eigenvalue weighted by Gasteiger charge is 2.30. The van der Waals surface area contributed by atoms with E-state index in [0.29, 0.717) is 0 Å². The van der Waals surface area contributed by atoms with Gasteiger partial charge in [-0.3, -0.25) is 0 Å². The van der Waals surface area contributed by atoms with Crippen LogP contribution in [0.5, 0.6) is 0 Å². The minimum atomic E-state index is 0.718. The quantitative estimate of drug-likeness (QED) is 0.437. The van der Waals surface area contributed by atoms with Crippen LogP contribution in [0.15, 0.2) is 36.9 Å². The lowest BCUT2D eigenvalue weighted by atomic mass is 9.68. The maximum Gasteiger partial charge on any atom is -0.0188 e. The number of hydrogen-bond acceptors (Lipinski definition) is 0. The van der Waals surface area contributed by atoms with Gasteiger partial charge in [-0.1, -0.05) is 63.5 Å². The fourth-order valence-corrected chi connectivity index (χ4v) is 5.69. The van der Waals surface area contributed by atoms with Crippen LogP contribution in [0.3, 0.4) is 0 Å². The summed E-state index contributed by atoms with van der Waals surface area (Å²) in [5, 5.41) is 0. The Morgan fingerprint density at radius 1 is 0.923 bits per heavy atom. The van der Waals surface area contributed by atoms with E-state index < -0.39 is 0 Å². The Labute approximate surface area is 162 Å². The van der Waals surface area contributed by atoms with Gasteiger partial charge in [-0.05, 0) is 92.1 Å². The van der Waals surface area contributed by atoms with E-state index in [1.54, 1.807) is 5.56 Å². The van der Waals surface area contributed by atoms with Gasteiger partial charge >= 0.3 is 0 Å². The van der Waals surface area contributed by atoms with Gasteiger partial charge in [0.05, 0.1) is 0 Å². The Hall–Kier alpha value is -1.04. The van der Waals surface area contributed by atoms with Crippen LogP contribution in [0, 0.1) is 23.7 Å². The summed E-state index contributed by atoms with van der Waals surface area (Å²) in [6.45, 7) is 8.70. The van der Waals surface area contributed by atoms with E-state index in [4.69, 9.17) is 0 Å². The lowest BCUT2D eigenvalue weighted by Gasteiger charge is -2.38. The summed E-state index contributed by atoms with van der Waals surface area (Å²) in [5.74, 6) is 4.54. The monoisotopic (exact) mass is 352 g/mol. The number of benzene rings is 1. The second-order valence-corrected chi connectivity index (χ2v) is 9.32. The minimum absolute atomic E-state index is 0.718. The van der Waals surface area contributed by atoms with Gasteiger partial charge in [-0.2, -0.15) is 0 Å². The number of allylic oxidation sites excluding steroid dienone is 1. The van der Waals surface area contributed by atoms with Gasteiger partial charge in [0, 0.05) is 0 Å². The first kappa shape index (κ1) is 19.7. The molecule has 0 radical (unpaired) electrons. The van der Waals surface area contributed by atoms with Gasteiger partial charge in [-0.25, -0.2) is 0 Å². The van der Waals surface area contributed by atoms with Crippen LogP contribution in [-0.2, 0) is 6.42 Å². The normalized spacial score (nSPS) is 30.7. The molecule has 0 heteroatoms. The van der Waals surface area contributed by atoms with Crippen molar-refractivity contribution in [2.75, 3.05) is 0 Å². The number of rotatable bonds is 7. The molecule has 2 aliphatic carbocycles. The van der Waals surface area contributed by atoms with Gasteiger partial charge in [0.1, 0.15) is 0 Å². The van der Waals surface area contributed by atoms with Crippen molar-refractivity contribution < 1.29 is 0 Å². The highest BCUT2D eigenvalue weighted by atomic mass is 14.4. The third-order valence-electron chi connectivity index (χ3n) is 7.48. The molecule has 26 heavy (non-hydrogen) atoms. The second-order valence-electron chi connectivity index (χ2n) is 9.32. The SMILES string of the molecule is C=CC1CCC(C2CCC(C[C@@H](C)c3ccc(CCC)cc3)CC2)CC1. The van der Waals surface area contributed by atoms with E-state index in [9.17, 15) is 0 Å². The zero-order valence-corrected chi connectivity index (χ0v) is 17.3. The van der Waals surface area contributed by atoms with Crippen LogP contribution in [0.2, 0.25) is 0 Å². The first-order chi connectivity index (χ1) is 12.7. The zero-order valence-electron chi connectivity index (χ0n) is 17.3. The molecule has 144 valence electrons. The average molecular weight is 353 g/mol. The molecule has 0 saturated heterocycles. The maximum atomic E-state index is 4.00.